The molecule has 0 saturated carbocycles. The Kier molecular flexibility index (Phi) is 5.56. The fourth-order valence-corrected chi connectivity index (χ4v) is 4.70. The van der Waals surface area contributed by atoms with Crippen molar-refractivity contribution in [3.05, 3.63) is 98.1 Å². The largest absolute Gasteiger partial charge is 0.490 e. The minimum absolute atomic E-state index is 0.0855. The zero-order valence-corrected chi connectivity index (χ0v) is 19.0. The monoisotopic (exact) mass is 460 g/mol. The molecule has 0 unspecified atom stereocenters. The summed E-state index contributed by atoms with van der Waals surface area (Å²) >= 11 is 1.37. The van der Waals surface area contributed by atoms with Crippen LogP contribution >= 0.6 is 11.3 Å². The average molecular weight is 461 g/mol. The zero-order chi connectivity index (χ0) is 22.9. The van der Waals surface area contributed by atoms with Crippen LogP contribution in [0, 0.1) is 12.7 Å². The Labute approximate surface area is 193 Å². The molecule has 2 aromatic heterocycles. The minimum atomic E-state index is -0.282. The number of fused-ring (bicyclic) bond motifs is 3. The second kappa shape index (κ2) is 8.67. The number of aromatic nitrogens is 2. The van der Waals surface area contributed by atoms with Crippen molar-refractivity contribution in [1.82, 2.24) is 9.38 Å². The standard InChI is InChI=1S/C26H21FN2O3S/c1-3-31-22-13-18(9-12-21(22)32-15-17-7-10-19(27)11-8-17)14-23-25(30)29-20-6-4-5-16(2)24(20)28-26(29)33-23/h4-14H,3,15H2,1-2H3. The van der Waals surface area contributed by atoms with E-state index in [1.54, 1.807) is 16.5 Å². The summed E-state index contributed by atoms with van der Waals surface area (Å²) < 4.78 is 27.1. The normalized spacial score (nSPS) is 12.0. The van der Waals surface area contributed by atoms with Crippen LogP contribution in [0.4, 0.5) is 4.39 Å². The van der Waals surface area contributed by atoms with Gasteiger partial charge in [0.15, 0.2) is 16.5 Å². The summed E-state index contributed by atoms with van der Waals surface area (Å²) in [5.41, 5.74) is 4.33. The second-order valence-corrected chi connectivity index (χ2v) is 8.65. The predicted octanol–water partition coefficient (Wildman–Crippen LogP) is 4.88. The van der Waals surface area contributed by atoms with Crippen molar-refractivity contribution >= 4 is 33.4 Å². The van der Waals surface area contributed by atoms with Crippen molar-refractivity contribution in [1.29, 1.82) is 0 Å². The maximum atomic E-state index is 13.1. The molecule has 0 spiro atoms. The lowest BCUT2D eigenvalue weighted by molar-refractivity contribution is 0.269. The molecule has 0 saturated heterocycles. The van der Waals surface area contributed by atoms with Crippen molar-refractivity contribution in [2.24, 2.45) is 0 Å². The van der Waals surface area contributed by atoms with Crippen molar-refractivity contribution in [3.8, 4) is 11.5 Å². The van der Waals surface area contributed by atoms with Gasteiger partial charge in [-0.2, -0.15) is 0 Å². The Morgan fingerprint density at radius 1 is 1.06 bits per heavy atom. The molecule has 5 rings (SSSR count). The molecule has 0 N–H and O–H groups in total. The predicted molar refractivity (Wildman–Crippen MR) is 129 cm³/mol. The van der Waals surface area contributed by atoms with Gasteiger partial charge in [-0.15, -0.1) is 0 Å². The average Bonchev–Trinajstić information content (AvgIpc) is 3.32. The third-order valence-corrected chi connectivity index (χ3v) is 6.31. The molecule has 0 aliphatic carbocycles. The van der Waals surface area contributed by atoms with Crippen molar-refractivity contribution in [3.63, 3.8) is 0 Å². The van der Waals surface area contributed by atoms with Gasteiger partial charge in [0, 0.05) is 0 Å². The van der Waals surface area contributed by atoms with Gasteiger partial charge in [0.05, 0.1) is 22.2 Å². The SMILES string of the molecule is CCOc1cc(C=c2sc3nc4c(C)cccc4n3c2=O)ccc1OCc1ccc(F)cc1. The van der Waals surface area contributed by atoms with Gasteiger partial charge >= 0.3 is 0 Å². The van der Waals surface area contributed by atoms with Crippen LogP contribution in [0.1, 0.15) is 23.6 Å². The van der Waals surface area contributed by atoms with E-state index in [9.17, 15) is 9.18 Å². The lowest BCUT2D eigenvalue weighted by Crippen LogP contribution is -2.22. The number of rotatable bonds is 6. The van der Waals surface area contributed by atoms with Crippen LogP contribution < -0.4 is 19.6 Å². The maximum Gasteiger partial charge on any atom is 0.274 e. The van der Waals surface area contributed by atoms with Crippen molar-refractivity contribution in [2.45, 2.75) is 20.5 Å². The van der Waals surface area contributed by atoms with E-state index in [4.69, 9.17) is 9.47 Å². The lowest BCUT2D eigenvalue weighted by atomic mass is 10.2. The molecule has 0 radical (unpaired) electrons. The number of ether oxygens (including phenoxy) is 2. The number of thiazole rings is 1. The van der Waals surface area contributed by atoms with Crippen LogP contribution in [0.2, 0.25) is 0 Å². The zero-order valence-electron chi connectivity index (χ0n) is 18.2. The van der Waals surface area contributed by atoms with E-state index >= 15 is 0 Å². The Morgan fingerprint density at radius 2 is 1.88 bits per heavy atom. The fourth-order valence-electron chi connectivity index (χ4n) is 3.72. The Hall–Kier alpha value is -3.71. The number of imidazole rings is 1. The molecule has 0 aliphatic heterocycles. The van der Waals surface area contributed by atoms with Crippen molar-refractivity contribution < 1.29 is 13.9 Å². The topological polar surface area (TPSA) is 52.8 Å². The summed E-state index contributed by atoms with van der Waals surface area (Å²) in [4.78, 5) is 18.4. The first-order valence-electron chi connectivity index (χ1n) is 10.6. The highest BCUT2D eigenvalue weighted by molar-refractivity contribution is 7.15. The molecule has 166 valence electrons. The van der Waals surface area contributed by atoms with E-state index in [0.29, 0.717) is 34.2 Å². The highest BCUT2D eigenvalue weighted by Gasteiger charge is 2.13. The van der Waals surface area contributed by atoms with Crippen LogP contribution in [-0.4, -0.2) is 16.0 Å². The van der Waals surface area contributed by atoms with Gasteiger partial charge in [-0.3, -0.25) is 4.79 Å². The minimum Gasteiger partial charge on any atom is -0.490 e. The molecular formula is C26H21FN2O3S. The summed E-state index contributed by atoms with van der Waals surface area (Å²) in [7, 11) is 0. The Balaban J connectivity index is 1.49. The summed E-state index contributed by atoms with van der Waals surface area (Å²) in [6.45, 7) is 4.66. The van der Waals surface area contributed by atoms with Gasteiger partial charge < -0.3 is 9.47 Å². The first kappa shape index (κ1) is 21.2. The number of hydrogen-bond donors (Lipinski definition) is 0. The van der Waals surface area contributed by atoms with Gasteiger partial charge in [-0.05, 0) is 66.9 Å². The summed E-state index contributed by atoms with van der Waals surface area (Å²) in [6, 6.07) is 17.6. The molecule has 0 amide bonds. The van der Waals surface area contributed by atoms with E-state index in [1.165, 1.54) is 23.5 Å². The molecule has 2 heterocycles. The summed E-state index contributed by atoms with van der Waals surface area (Å²) in [5.74, 6) is 0.891. The first-order valence-corrected chi connectivity index (χ1v) is 11.4. The van der Waals surface area contributed by atoms with Gasteiger partial charge in [-0.1, -0.05) is 41.7 Å². The fraction of sp³-hybridized carbons (Fsp3) is 0.154. The van der Waals surface area contributed by atoms with E-state index in [-0.39, 0.29) is 11.4 Å². The van der Waals surface area contributed by atoms with Crippen LogP contribution in [-0.2, 0) is 6.61 Å². The second-order valence-electron chi connectivity index (χ2n) is 7.64. The molecule has 5 nitrogen and oxygen atoms in total. The highest BCUT2D eigenvalue weighted by atomic mass is 32.1. The number of aryl methyl sites for hydroxylation is 1. The summed E-state index contributed by atoms with van der Waals surface area (Å²) in [6.07, 6.45) is 1.84. The van der Waals surface area contributed by atoms with E-state index in [0.717, 1.165) is 27.7 Å². The van der Waals surface area contributed by atoms with E-state index < -0.39 is 0 Å². The molecule has 0 aliphatic rings. The molecule has 7 heteroatoms. The quantitative estimate of drug-likeness (QED) is 0.362. The Morgan fingerprint density at radius 3 is 2.67 bits per heavy atom. The van der Waals surface area contributed by atoms with Crippen molar-refractivity contribution in [2.75, 3.05) is 6.61 Å². The van der Waals surface area contributed by atoms with Crippen LogP contribution in [0.15, 0.2) is 65.5 Å². The number of benzene rings is 3. The Bertz CT molecular complexity index is 1570. The first-order chi connectivity index (χ1) is 16.0. The van der Waals surface area contributed by atoms with E-state index in [1.807, 2.05) is 56.3 Å². The third kappa shape index (κ3) is 4.07. The lowest BCUT2D eigenvalue weighted by Gasteiger charge is -2.12. The molecule has 33 heavy (non-hydrogen) atoms. The van der Waals surface area contributed by atoms with Gasteiger partial charge in [-0.25, -0.2) is 13.8 Å². The molecule has 0 atom stereocenters. The molecular weight excluding hydrogens is 439 g/mol. The molecule has 0 bridgehead atoms. The van der Waals surface area contributed by atoms with Gasteiger partial charge in [0.2, 0.25) is 0 Å². The maximum absolute atomic E-state index is 13.1. The molecule has 3 aromatic carbocycles. The third-order valence-electron chi connectivity index (χ3n) is 5.34. The number of nitrogens with zero attached hydrogens (tertiary/aromatic N) is 2. The van der Waals surface area contributed by atoms with Gasteiger partial charge in [0.1, 0.15) is 12.4 Å². The van der Waals surface area contributed by atoms with E-state index in [2.05, 4.69) is 4.98 Å². The van der Waals surface area contributed by atoms with Crippen LogP contribution in [0.5, 0.6) is 11.5 Å². The molecule has 5 aromatic rings. The smallest absolute Gasteiger partial charge is 0.274 e. The number of hydrogen-bond acceptors (Lipinski definition) is 5. The van der Waals surface area contributed by atoms with Gasteiger partial charge in [0.25, 0.3) is 5.56 Å². The number of para-hydroxylation sites is 1. The highest BCUT2D eigenvalue weighted by Crippen LogP contribution is 2.30. The van der Waals surface area contributed by atoms with Crippen LogP contribution in [0.3, 0.4) is 0 Å². The van der Waals surface area contributed by atoms with Crippen LogP contribution in [0.25, 0.3) is 22.1 Å². The molecule has 0 fully saturated rings. The number of halogens is 1. The summed E-state index contributed by atoms with van der Waals surface area (Å²) in [5, 5.41) is 0.